The number of carbonyl (C=O) groups is 2. The van der Waals surface area contributed by atoms with Crippen LogP contribution in [0.25, 0.3) is 5.65 Å². The molecule has 2 atom stereocenters. The zero-order valence-electron chi connectivity index (χ0n) is 19.3. The monoisotopic (exact) mass is 501 g/mol. The lowest BCUT2D eigenvalue weighted by molar-refractivity contribution is -0.143. The second kappa shape index (κ2) is 8.80. The standard InChI is InChI=1S/C23H25F2N7O4/c24-20(25)19-17(10-32(29-19)13-3-1-12(2-4-13)23(34)35)27-22(33)16-8-26-31-6-5-18(28-21(16)31)30-9-15-7-14(30)11-36-15/h5-6,8,10,12-15,20H,1-4,7,9,11H2,(H,27,33)(H,34,35)/t12?,13?,14-,15?/m1/s1. The number of carbonyl (C=O) groups excluding carboxylic acids is 1. The van der Waals surface area contributed by atoms with Gasteiger partial charge in [-0.3, -0.25) is 14.3 Å². The van der Waals surface area contributed by atoms with Crippen LogP contribution in [0.3, 0.4) is 0 Å². The second-order valence-corrected chi connectivity index (χ2v) is 9.62. The Hall–Kier alpha value is -3.61. The van der Waals surface area contributed by atoms with Gasteiger partial charge in [0.05, 0.1) is 42.6 Å². The van der Waals surface area contributed by atoms with Crippen LogP contribution in [0.4, 0.5) is 20.3 Å². The first-order valence-corrected chi connectivity index (χ1v) is 12.0. The van der Waals surface area contributed by atoms with Crippen molar-refractivity contribution < 1.29 is 28.2 Å². The third kappa shape index (κ3) is 3.96. The maximum absolute atomic E-state index is 13.8. The summed E-state index contributed by atoms with van der Waals surface area (Å²) in [7, 11) is 0. The fourth-order valence-electron chi connectivity index (χ4n) is 5.49. The summed E-state index contributed by atoms with van der Waals surface area (Å²) in [6.45, 7) is 1.37. The van der Waals surface area contributed by atoms with Gasteiger partial charge in [0.2, 0.25) is 0 Å². The van der Waals surface area contributed by atoms with E-state index in [1.807, 2.05) is 6.07 Å². The minimum Gasteiger partial charge on any atom is -0.481 e. The van der Waals surface area contributed by atoms with Gasteiger partial charge in [0.1, 0.15) is 11.4 Å². The minimum absolute atomic E-state index is 0.0835. The Labute approximate surface area is 204 Å². The van der Waals surface area contributed by atoms with Gasteiger partial charge < -0.3 is 20.1 Å². The van der Waals surface area contributed by atoms with Gasteiger partial charge in [-0.2, -0.15) is 10.2 Å². The van der Waals surface area contributed by atoms with E-state index in [9.17, 15) is 23.5 Å². The summed E-state index contributed by atoms with van der Waals surface area (Å²) in [5, 5.41) is 20.0. The number of aromatic nitrogens is 5. The number of halogens is 2. The molecular weight excluding hydrogens is 476 g/mol. The number of nitrogens with zero attached hydrogens (tertiary/aromatic N) is 6. The summed E-state index contributed by atoms with van der Waals surface area (Å²) in [6, 6.07) is 1.88. The molecule has 2 aliphatic heterocycles. The predicted octanol–water partition coefficient (Wildman–Crippen LogP) is 2.91. The van der Waals surface area contributed by atoms with E-state index in [4.69, 9.17) is 4.74 Å². The summed E-state index contributed by atoms with van der Waals surface area (Å²) < 4.78 is 36.1. The highest BCUT2D eigenvalue weighted by molar-refractivity contribution is 6.08. The second-order valence-electron chi connectivity index (χ2n) is 9.62. The number of fused-ring (bicyclic) bond motifs is 3. The number of nitrogens with one attached hydrogen (secondary N) is 1. The van der Waals surface area contributed by atoms with Crippen molar-refractivity contribution >= 4 is 29.0 Å². The van der Waals surface area contributed by atoms with Gasteiger partial charge in [0, 0.05) is 18.9 Å². The van der Waals surface area contributed by atoms with Crippen molar-refractivity contribution in [2.45, 2.75) is 56.7 Å². The molecule has 36 heavy (non-hydrogen) atoms. The zero-order chi connectivity index (χ0) is 25.0. The minimum atomic E-state index is -2.89. The van der Waals surface area contributed by atoms with Gasteiger partial charge in [0.15, 0.2) is 11.3 Å². The molecule has 1 amide bonds. The number of ether oxygens (including phenoxy) is 1. The van der Waals surface area contributed by atoms with Crippen LogP contribution in [0.2, 0.25) is 0 Å². The smallest absolute Gasteiger partial charge is 0.306 e. The number of rotatable bonds is 6. The Kier molecular flexibility index (Phi) is 5.58. The van der Waals surface area contributed by atoms with E-state index in [1.54, 1.807) is 6.20 Å². The molecule has 2 bridgehead atoms. The van der Waals surface area contributed by atoms with Crippen molar-refractivity contribution in [2.24, 2.45) is 5.92 Å². The summed E-state index contributed by atoms with van der Waals surface area (Å²) in [5.74, 6) is -1.17. The van der Waals surface area contributed by atoms with E-state index in [0.717, 1.165) is 13.0 Å². The van der Waals surface area contributed by atoms with E-state index < -0.39 is 29.9 Å². The third-order valence-electron chi connectivity index (χ3n) is 7.43. The summed E-state index contributed by atoms with van der Waals surface area (Å²) in [5.41, 5.74) is -0.124. The molecule has 1 aliphatic carbocycles. The highest BCUT2D eigenvalue weighted by atomic mass is 19.3. The topological polar surface area (TPSA) is 127 Å². The van der Waals surface area contributed by atoms with E-state index in [-0.39, 0.29) is 29.4 Å². The Bertz CT molecular complexity index is 1320. The molecule has 13 heteroatoms. The molecule has 5 heterocycles. The van der Waals surface area contributed by atoms with Gasteiger partial charge in [-0.1, -0.05) is 0 Å². The number of amides is 1. The van der Waals surface area contributed by atoms with Gasteiger partial charge >= 0.3 is 5.97 Å². The first kappa shape index (κ1) is 22.8. The number of alkyl halides is 2. The average Bonchev–Trinajstić information content (AvgIpc) is 3.66. The van der Waals surface area contributed by atoms with Gasteiger partial charge in [0.25, 0.3) is 12.3 Å². The molecule has 2 saturated heterocycles. The first-order chi connectivity index (χ1) is 17.4. The number of hydrogen-bond acceptors (Lipinski definition) is 7. The van der Waals surface area contributed by atoms with Gasteiger partial charge in [-0.05, 0) is 38.2 Å². The van der Waals surface area contributed by atoms with Crippen LogP contribution >= 0.6 is 0 Å². The van der Waals surface area contributed by atoms with Crippen LogP contribution in [0.5, 0.6) is 0 Å². The number of carboxylic acids is 1. The van der Waals surface area contributed by atoms with Gasteiger partial charge in [-0.25, -0.2) is 18.3 Å². The Balaban J connectivity index is 1.23. The van der Waals surface area contributed by atoms with Crippen molar-refractivity contribution in [3.63, 3.8) is 0 Å². The van der Waals surface area contributed by atoms with Crippen LogP contribution in [0.15, 0.2) is 24.7 Å². The SMILES string of the molecule is O=C(Nc1cn(C2CCC(C(=O)O)CC2)nc1C(F)F)c1cnn2ccc(N3CC4C[C@@H]3CO4)nc12. The lowest BCUT2D eigenvalue weighted by Crippen LogP contribution is -2.37. The molecule has 3 aliphatic rings. The van der Waals surface area contributed by atoms with Crippen molar-refractivity contribution in [3.05, 3.63) is 35.9 Å². The number of aliphatic carboxylic acids is 1. The zero-order valence-corrected chi connectivity index (χ0v) is 19.3. The predicted molar refractivity (Wildman–Crippen MR) is 122 cm³/mol. The molecule has 1 saturated carbocycles. The Morgan fingerprint density at radius 1 is 1.19 bits per heavy atom. The van der Waals surface area contributed by atoms with Crippen LogP contribution in [0, 0.1) is 5.92 Å². The third-order valence-corrected chi connectivity index (χ3v) is 7.43. The van der Waals surface area contributed by atoms with Gasteiger partial charge in [-0.15, -0.1) is 0 Å². The van der Waals surface area contributed by atoms with Crippen LogP contribution in [-0.4, -0.2) is 66.7 Å². The lowest BCUT2D eigenvalue weighted by atomic mass is 9.86. The molecule has 2 N–H and O–H groups in total. The molecule has 1 unspecified atom stereocenters. The first-order valence-electron chi connectivity index (χ1n) is 12.0. The van der Waals surface area contributed by atoms with E-state index in [1.165, 1.54) is 21.6 Å². The highest BCUT2D eigenvalue weighted by Crippen LogP contribution is 2.35. The molecule has 3 fully saturated rings. The van der Waals surface area contributed by atoms with E-state index in [0.29, 0.717) is 43.8 Å². The number of carboxylic acid groups (broad SMARTS) is 1. The molecule has 0 aromatic carbocycles. The summed E-state index contributed by atoms with van der Waals surface area (Å²) >= 11 is 0. The highest BCUT2D eigenvalue weighted by Gasteiger charge is 2.39. The quantitative estimate of drug-likeness (QED) is 0.528. The number of morpholine rings is 1. The molecule has 0 radical (unpaired) electrons. The van der Waals surface area contributed by atoms with Crippen molar-refractivity contribution in [2.75, 3.05) is 23.4 Å². The fourth-order valence-corrected chi connectivity index (χ4v) is 5.49. The largest absolute Gasteiger partial charge is 0.481 e. The molecular formula is C23H25F2N7O4. The number of anilines is 2. The van der Waals surface area contributed by atoms with Crippen molar-refractivity contribution in [1.29, 1.82) is 0 Å². The molecule has 11 nitrogen and oxygen atoms in total. The van der Waals surface area contributed by atoms with E-state index >= 15 is 0 Å². The maximum atomic E-state index is 13.8. The number of hydrogen-bond donors (Lipinski definition) is 2. The van der Waals surface area contributed by atoms with Crippen LogP contribution < -0.4 is 10.2 Å². The molecule has 3 aromatic heterocycles. The van der Waals surface area contributed by atoms with Crippen LogP contribution in [-0.2, 0) is 9.53 Å². The average molecular weight is 501 g/mol. The molecule has 190 valence electrons. The maximum Gasteiger partial charge on any atom is 0.306 e. The van der Waals surface area contributed by atoms with Crippen molar-refractivity contribution in [3.8, 4) is 0 Å². The Morgan fingerprint density at radius 2 is 2.00 bits per heavy atom. The summed E-state index contributed by atoms with van der Waals surface area (Å²) in [4.78, 5) is 31.2. The Morgan fingerprint density at radius 3 is 2.67 bits per heavy atom. The molecule has 0 spiro atoms. The van der Waals surface area contributed by atoms with E-state index in [2.05, 4.69) is 25.4 Å². The molecule has 6 rings (SSSR count). The normalized spacial score (nSPS) is 25.7. The van der Waals surface area contributed by atoms with Crippen LogP contribution in [0.1, 0.15) is 60.6 Å². The fraction of sp³-hybridized carbons (Fsp3) is 0.522. The lowest BCUT2D eigenvalue weighted by Gasteiger charge is -2.27. The van der Waals surface area contributed by atoms with Crippen molar-refractivity contribution in [1.82, 2.24) is 24.4 Å². The summed E-state index contributed by atoms with van der Waals surface area (Å²) in [6.07, 6.45) is 4.64. The molecule has 3 aromatic rings.